The summed E-state index contributed by atoms with van der Waals surface area (Å²) in [5.41, 5.74) is 0. The number of rotatable bonds is 10. The minimum absolute atomic E-state index is 0. The van der Waals surface area contributed by atoms with E-state index in [4.69, 9.17) is 13.9 Å². The third kappa shape index (κ3) is 6.72. The number of hydrogen-bond acceptors (Lipinski definition) is 5. The molecule has 0 heterocycles. The van der Waals surface area contributed by atoms with Gasteiger partial charge in [-0.05, 0) is 29.3 Å². The average Bonchev–Trinajstić information content (AvgIpc) is 2.74. The molecule has 5 nitrogen and oxygen atoms in total. The maximum Gasteiger partial charge on any atom is 1.00 e. The van der Waals surface area contributed by atoms with Crippen molar-refractivity contribution in [2.75, 3.05) is 19.8 Å². The van der Waals surface area contributed by atoms with Crippen molar-refractivity contribution in [2.24, 2.45) is 0 Å². The van der Waals surface area contributed by atoms with E-state index in [-0.39, 0.29) is 66.8 Å². The third-order valence-corrected chi connectivity index (χ3v) is 10.2. The first-order chi connectivity index (χ1) is 14.8. The molecule has 0 saturated heterocycles. The number of esters is 2. The molecule has 0 bridgehead atoms. The maximum absolute atomic E-state index is 12.3. The van der Waals surface area contributed by atoms with Crippen LogP contribution in [-0.2, 0) is 23.5 Å². The maximum atomic E-state index is 12.3. The summed E-state index contributed by atoms with van der Waals surface area (Å²) in [5, 5.41) is 2.09. The van der Waals surface area contributed by atoms with Gasteiger partial charge in [0.15, 0.2) is 11.9 Å². The summed E-state index contributed by atoms with van der Waals surface area (Å²) in [6.45, 7) is 10.6. The minimum Gasteiger partial charge on any atom is -0.488 e. The van der Waals surface area contributed by atoms with E-state index in [0.717, 1.165) is 10.4 Å². The van der Waals surface area contributed by atoms with E-state index in [1.54, 1.807) is 13.8 Å². The van der Waals surface area contributed by atoms with Gasteiger partial charge in [0.1, 0.15) is 0 Å². The Bertz CT molecular complexity index is 779. The van der Waals surface area contributed by atoms with E-state index >= 15 is 0 Å². The monoisotopic (exact) mass is 464 g/mol. The van der Waals surface area contributed by atoms with Crippen LogP contribution in [0.15, 0.2) is 60.7 Å². The Labute approximate surface area is 215 Å². The molecule has 0 saturated carbocycles. The molecule has 2 rings (SSSR count). The number of benzene rings is 2. The molecule has 32 heavy (non-hydrogen) atoms. The normalized spacial score (nSPS) is 11.3. The first kappa shape index (κ1) is 28.5. The van der Waals surface area contributed by atoms with Crippen LogP contribution in [0.3, 0.4) is 0 Å². The molecule has 0 N–H and O–H groups in total. The van der Waals surface area contributed by atoms with E-state index in [0.29, 0.717) is 0 Å². The van der Waals surface area contributed by atoms with Gasteiger partial charge in [-0.15, -0.1) is 6.42 Å². The van der Waals surface area contributed by atoms with Crippen molar-refractivity contribution < 1.29 is 53.0 Å². The van der Waals surface area contributed by atoms with Gasteiger partial charge < -0.3 is 13.9 Å². The van der Waals surface area contributed by atoms with Crippen molar-refractivity contribution >= 4 is 30.6 Å². The van der Waals surface area contributed by atoms with Crippen LogP contribution in [0.4, 0.5) is 0 Å². The largest absolute Gasteiger partial charge is 1.00 e. The number of carbonyl (C=O) groups is 2. The van der Waals surface area contributed by atoms with E-state index in [9.17, 15) is 9.59 Å². The smallest absolute Gasteiger partial charge is 0.488 e. The van der Waals surface area contributed by atoms with E-state index in [2.05, 4.69) is 45.0 Å². The molecule has 0 unspecified atom stereocenters. The zero-order chi connectivity index (χ0) is 22.9. The topological polar surface area (TPSA) is 61.8 Å². The molecule has 0 aliphatic carbocycles. The zero-order valence-corrected chi connectivity index (χ0v) is 23.1. The van der Waals surface area contributed by atoms with E-state index in [1.165, 1.54) is 0 Å². The van der Waals surface area contributed by atoms with Gasteiger partial charge in [0.2, 0.25) is 0 Å². The molecule has 7 heteroatoms. The summed E-state index contributed by atoms with van der Waals surface area (Å²) >= 11 is 0. The Morgan fingerprint density at radius 1 is 0.812 bits per heavy atom. The van der Waals surface area contributed by atoms with Crippen LogP contribution in [0.5, 0.6) is 0 Å². The molecule has 168 valence electrons. The summed E-state index contributed by atoms with van der Waals surface area (Å²) in [7, 11) is -2.74. The molecular formula is C25H33NaO5Si. The quantitative estimate of drug-likeness (QED) is 0.224. The minimum atomic E-state index is -2.74. The summed E-state index contributed by atoms with van der Waals surface area (Å²) < 4.78 is 16.9. The van der Waals surface area contributed by atoms with Gasteiger partial charge in [-0.3, -0.25) is 9.59 Å². The molecule has 0 spiro atoms. The zero-order valence-electron chi connectivity index (χ0n) is 20.1. The van der Waals surface area contributed by atoms with E-state index < -0.39 is 20.3 Å². The molecule has 0 aliphatic heterocycles. The average molecular weight is 465 g/mol. The van der Waals surface area contributed by atoms with Gasteiger partial charge in [0.25, 0.3) is 8.32 Å². The van der Waals surface area contributed by atoms with Crippen molar-refractivity contribution in [1.82, 2.24) is 0 Å². The molecule has 0 radical (unpaired) electrons. The van der Waals surface area contributed by atoms with Crippen LogP contribution < -0.4 is 39.9 Å². The Morgan fingerprint density at radius 2 is 1.22 bits per heavy atom. The Kier molecular flexibility index (Phi) is 11.7. The van der Waals surface area contributed by atoms with Crippen LogP contribution in [-0.4, -0.2) is 40.1 Å². The summed E-state index contributed by atoms with van der Waals surface area (Å²) in [6, 6.07) is 20.5. The van der Waals surface area contributed by atoms with Crippen LogP contribution in [0.1, 0.15) is 41.0 Å². The molecule has 2 aromatic carbocycles. The van der Waals surface area contributed by atoms with Crippen LogP contribution >= 0.6 is 0 Å². The summed E-state index contributed by atoms with van der Waals surface area (Å²) in [4.78, 5) is 24.7. The van der Waals surface area contributed by atoms with Gasteiger partial charge in [-0.1, -0.05) is 81.4 Å². The van der Waals surface area contributed by atoms with Crippen LogP contribution in [0.25, 0.3) is 0 Å². The summed E-state index contributed by atoms with van der Waals surface area (Å²) in [5.74, 6) is -1.30. The predicted octanol–water partition coefficient (Wildman–Crippen LogP) is 0.658. The molecule has 0 amide bonds. The molecule has 2 aromatic rings. The molecular weight excluding hydrogens is 431 g/mol. The van der Waals surface area contributed by atoms with Crippen LogP contribution in [0, 0.1) is 5.92 Å². The van der Waals surface area contributed by atoms with Gasteiger partial charge in [0.05, 0.1) is 13.2 Å². The van der Waals surface area contributed by atoms with E-state index in [1.807, 2.05) is 36.4 Å². The fourth-order valence-corrected chi connectivity index (χ4v) is 8.36. The van der Waals surface area contributed by atoms with Crippen LogP contribution in [0.2, 0.25) is 5.04 Å². The second-order valence-corrected chi connectivity index (χ2v) is 12.5. The van der Waals surface area contributed by atoms with Gasteiger partial charge in [-0.2, -0.15) is 5.92 Å². The molecule has 0 aliphatic rings. The standard InChI is InChI=1S/C25H33O5Si.Na/c1-6-28-23(26)22(24(27)29-7-2)18-19-30-31(25(3,4)5,20-14-10-8-11-15-20)21-16-12-9-13-17-21;/h8-17H,6-7,18-19H2,1-5H3;/q-1;+1. The first-order valence-corrected chi connectivity index (χ1v) is 12.6. The SMILES string of the molecule is CCOC(=O)[C-](CCO[Si](c1ccccc1)(c1ccccc1)C(C)(C)C)C(=O)OCC.[Na+]. The molecule has 0 aromatic heterocycles. The second kappa shape index (κ2) is 13.2. The fraction of sp³-hybridized carbons (Fsp3) is 0.400. The first-order valence-electron chi connectivity index (χ1n) is 10.7. The van der Waals surface area contributed by atoms with Crippen molar-refractivity contribution in [2.45, 2.75) is 46.1 Å². The van der Waals surface area contributed by atoms with Crippen molar-refractivity contribution in [3.8, 4) is 0 Å². The summed E-state index contributed by atoms with van der Waals surface area (Å²) in [6.07, 6.45) is 0.127. The van der Waals surface area contributed by atoms with Crippen molar-refractivity contribution in [3.63, 3.8) is 0 Å². The molecule has 0 fully saturated rings. The second-order valence-electron chi connectivity index (χ2n) is 8.18. The van der Waals surface area contributed by atoms with Crippen molar-refractivity contribution in [1.29, 1.82) is 0 Å². The predicted molar refractivity (Wildman–Crippen MR) is 125 cm³/mol. The number of carbonyl (C=O) groups excluding carboxylic acids is 2. The Morgan fingerprint density at radius 3 is 1.56 bits per heavy atom. The number of ether oxygens (including phenoxy) is 2. The van der Waals surface area contributed by atoms with Gasteiger partial charge in [-0.25, -0.2) is 0 Å². The Hall–Kier alpha value is -1.57. The third-order valence-electron chi connectivity index (χ3n) is 5.13. The fourth-order valence-electron chi connectivity index (χ4n) is 3.79. The van der Waals surface area contributed by atoms with Crippen molar-refractivity contribution in [3.05, 3.63) is 66.6 Å². The number of hydrogen-bond donors (Lipinski definition) is 0. The van der Waals surface area contributed by atoms with Gasteiger partial charge >= 0.3 is 29.6 Å². The molecule has 0 atom stereocenters. The Balaban J connectivity index is 0.00000512. The van der Waals surface area contributed by atoms with Gasteiger partial charge in [0, 0.05) is 6.61 Å².